The SMILES string of the molecule is Cc1ccc(S(=O)(=O)N[C@@]2(C(F)(F)F)NC(=O)N(c3ccc(Cl)cc3)C2=O)cc1. The second-order valence-corrected chi connectivity index (χ2v) is 8.33. The Morgan fingerprint density at radius 2 is 1.59 bits per heavy atom. The number of anilines is 1. The Morgan fingerprint density at radius 3 is 2.10 bits per heavy atom. The molecule has 0 aromatic heterocycles. The molecular weight excluding hydrogens is 435 g/mol. The number of amides is 3. The summed E-state index contributed by atoms with van der Waals surface area (Å²) >= 11 is 5.71. The summed E-state index contributed by atoms with van der Waals surface area (Å²) in [6.45, 7) is 1.66. The molecule has 1 saturated heterocycles. The molecule has 2 aromatic rings. The van der Waals surface area contributed by atoms with Gasteiger partial charge >= 0.3 is 12.2 Å². The Hall–Kier alpha value is -2.63. The van der Waals surface area contributed by atoms with Crippen LogP contribution in [0.5, 0.6) is 0 Å². The van der Waals surface area contributed by atoms with Gasteiger partial charge in [-0.2, -0.15) is 17.9 Å². The third-order valence-electron chi connectivity index (χ3n) is 4.15. The molecule has 0 saturated carbocycles. The van der Waals surface area contributed by atoms with Gasteiger partial charge in [-0.1, -0.05) is 29.3 Å². The van der Waals surface area contributed by atoms with Crippen LogP contribution >= 0.6 is 11.6 Å². The highest BCUT2D eigenvalue weighted by molar-refractivity contribution is 7.89. The van der Waals surface area contributed by atoms with Gasteiger partial charge in [0.2, 0.25) is 10.0 Å². The molecular formula is C17H13ClF3N3O4S. The number of carbonyl (C=O) groups is 2. The minimum Gasteiger partial charge on any atom is -0.302 e. The normalized spacial score (nSPS) is 20.1. The molecule has 12 heteroatoms. The van der Waals surface area contributed by atoms with Crippen molar-refractivity contribution in [3.63, 3.8) is 0 Å². The quantitative estimate of drug-likeness (QED) is 0.704. The van der Waals surface area contributed by atoms with Crippen LogP contribution in [-0.2, 0) is 14.8 Å². The molecule has 0 bridgehead atoms. The lowest BCUT2D eigenvalue weighted by Crippen LogP contribution is -2.69. The van der Waals surface area contributed by atoms with Crippen molar-refractivity contribution in [3.8, 4) is 0 Å². The highest BCUT2D eigenvalue weighted by Crippen LogP contribution is 2.37. The third-order valence-corrected chi connectivity index (χ3v) is 5.87. The van der Waals surface area contributed by atoms with Crippen LogP contribution in [0.15, 0.2) is 53.4 Å². The lowest BCUT2D eigenvalue weighted by Gasteiger charge is -2.29. The van der Waals surface area contributed by atoms with Crippen molar-refractivity contribution < 1.29 is 31.2 Å². The largest absolute Gasteiger partial charge is 0.435 e. The number of alkyl halides is 3. The zero-order chi connectivity index (χ0) is 21.6. The predicted octanol–water partition coefficient (Wildman–Crippen LogP) is 2.94. The van der Waals surface area contributed by atoms with Gasteiger partial charge in [0.1, 0.15) is 0 Å². The van der Waals surface area contributed by atoms with E-state index in [0.717, 1.165) is 24.3 Å². The first kappa shape index (κ1) is 21.1. The van der Waals surface area contributed by atoms with Gasteiger partial charge in [-0.15, -0.1) is 0 Å². The predicted molar refractivity (Wildman–Crippen MR) is 97.8 cm³/mol. The smallest absolute Gasteiger partial charge is 0.302 e. The maximum atomic E-state index is 13.9. The number of carbonyl (C=O) groups excluding carboxylic acids is 2. The van der Waals surface area contributed by atoms with Crippen LogP contribution in [-0.4, -0.2) is 32.2 Å². The van der Waals surface area contributed by atoms with Gasteiger partial charge in [0, 0.05) is 5.02 Å². The number of hydrogen-bond acceptors (Lipinski definition) is 4. The van der Waals surface area contributed by atoms with Gasteiger partial charge in [-0.25, -0.2) is 18.1 Å². The van der Waals surface area contributed by atoms with Crippen LogP contribution in [0.1, 0.15) is 5.56 Å². The Bertz CT molecular complexity index is 1070. The van der Waals surface area contributed by atoms with Crippen LogP contribution in [0.3, 0.4) is 0 Å². The van der Waals surface area contributed by atoms with Crippen LogP contribution < -0.4 is 14.9 Å². The summed E-state index contributed by atoms with van der Waals surface area (Å²) in [7, 11) is -4.82. The first-order valence-electron chi connectivity index (χ1n) is 7.97. The maximum Gasteiger partial charge on any atom is 0.435 e. The van der Waals surface area contributed by atoms with Crippen molar-refractivity contribution in [1.29, 1.82) is 0 Å². The topological polar surface area (TPSA) is 95.6 Å². The number of imide groups is 1. The fourth-order valence-corrected chi connectivity index (χ4v) is 4.05. The van der Waals surface area contributed by atoms with Crippen molar-refractivity contribution in [2.75, 3.05) is 4.90 Å². The van der Waals surface area contributed by atoms with Crippen LogP contribution in [0.25, 0.3) is 0 Å². The van der Waals surface area contributed by atoms with Gasteiger partial charge in [0.05, 0.1) is 10.6 Å². The number of benzene rings is 2. The van der Waals surface area contributed by atoms with Gasteiger partial charge in [-0.05, 0) is 43.3 Å². The van der Waals surface area contributed by atoms with Crippen molar-refractivity contribution in [2.24, 2.45) is 0 Å². The maximum absolute atomic E-state index is 13.9. The minimum absolute atomic E-state index is 0.196. The molecule has 0 unspecified atom stereocenters. The summed E-state index contributed by atoms with van der Waals surface area (Å²) in [5, 5.41) is 1.67. The number of nitrogens with one attached hydrogen (secondary N) is 2. The van der Waals surface area contributed by atoms with E-state index in [1.54, 1.807) is 6.92 Å². The molecule has 1 aliphatic heterocycles. The Kier molecular flexibility index (Phi) is 5.10. The second-order valence-electron chi connectivity index (χ2n) is 6.21. The number of hydrogen-bond donors (Lipinski definition) is 2. The molecule has 7 nitrogen and oxygen atoms in total. The molecule has 29 heavy (non-hydrogen) atoms. The summed E-state index contributed by atoms with van der Waals surface area (Å²) < 4.78 is 68.1. The first-order chi connectivity index (χ1) is 13.4. The molecule has 154 valence electrons. The highest BCUT2D eigenvalue weighted by Gasteiger charge is 2.69. The van der Waals surface area contributed by atoms with Crippen LogP contribution in [0.4, 0.5) is 23.7 Å². The molecule has 1 heterocycles. The van der Waals surface area contributed by atoms with E-state index < -0.39 is 38.7 Å². The van der Waals surface area contributed by atoms with Crippen LogP contribution in [0, 0.1) is 6.92 Å². The Morgan fingerprint density at radius 1 is 1.03 bits per heavy atom. The number of aryl methyl sites for hydroxylation is 1. The van der Waals surface area contributed by atoms with Crippen molar-refractivity contribution in [2.45, 2.75) is 23.7 Å². The van der Waals surface area contributed by atoms with E-state index in [4.69, 9.17) is 11.6 Å². The molecule has 1 fully saturated rings. The second kappa shape index (κ2) is 7.01. The summed E-state index contributed by atoms with van der Waals surface area (Å²) in [6, 6.07) is 8.32. The molecule has 3 amide bonds. The van der Waals surface area contributed by atoms with E-state index in [2.05, 4.69) is 0 Å². The molecule has 2 N–H and O–H groups in total. The fraction of sp³-hybridized carbons (Fsp3) is 0.176. The molecule has 0 radical (unpaired) electrons. The molecule has 3 rings (SSSR count). The highest BCUT2D eigenvalue weighted by atomic mass is 35.5. The molecule has 1 atom stereocenters. The lowest BCUT2D eigenvalue weighted by atomic mass is 10.1. The van der Waals surface area contributed by atoms with Crippen LogP contribution in [0.2, 0.25) is 5.02 Å². The van der Waals surface area contributed by atoms with E-state index in [9.17, 15) is 31.2 Å². The van der Waals surface area contributed by atoms with Gasteiger partial charge in [0.25, 0.3) is 11.6 Å². The Labute approximate surface area is 168 Å². The van der Waals surface area contributed by atoms with E-state index in [1.807, 2.05) is 0 Å². The number of rotatable bonds is 4. The van der Waals surface area contributed by atoms with Gasteiger partial charge < -0.3 is 5.32 Å². The van der Waals surface area contributed by atoms with Gasteiger partial charge in [0.15, 0.2) is 0 Å². The average molecular weight is 448 g/mol. The summed E-state index contributed by atoms with van der Waals surface area (Å²) in [4.78, 5) is 24.6. The van der Waals surface area contributed by atoms with Crippen molar-refractivity contribution in [3.05, 3.63) is 59.1 Å². The zero-order valence-electron chi connectivity index (χ0n) is 14.6. The first-order valence-corrected chi connectivity index (χ1v) is 9.83. The standard InChI is InChI=1S/C17H13ClF3N3O4S/c1-10-2-8-13(9-3-10)29(27,28)23-16(17(19,20)21)14(25)24(15(26)22-16)12-6-4-11(18)5-7-12/h2-9,23H,1H3,(H,22,26)/t16-/m0/s1. The number of nitrogens with zero attached hydrogens (tertiary/aromatic N) is 1. The van der Waals surface area contributed by atoms with E-state index in [0.29, 0.717) is 5.56 Å². The monoisotopic (exact) mass is 447 g/mol. The minimum atomic E-state index is -5.47. The molecule has 2 aromatic carbocycles. The number of halogens is 4. The summed E-state index contributed by atoms with van der Waals surface area (Å²) in [5.74, 6) is -1.84. The lowest BCUT2D eigenvalue weighted by molar-refractivity contribution is -0.194. The van der Waals surface area contributed by atoms with Crippen molar-refractivity contribution in [1.82, 2.24) is 10.0 Å². The van der Waals surface area contributed by atoms with E-state index in [1.165, 1.54) is 34.3 Å². The molecule has 1 aliphatic rings. The average Bonchev–Trinajstić information content (AvgIpc) is 2.87. The number of urea groups is 1. The van der Waals surface area contributed by atoms with Crippen molar-refractivity contribution >= 4 is 39.2 Å². The summed E-state index contributed by atoms with van der Waals surface area (Å²) in [5.41, 5.74) is -3.40. The number of sulfonamides is 1. The third kappa shape index (κ3) is 3.68. The van der Waals surface area contributed by atoms with E-state index >= 15 is 0 Å². The summed E-state index contributed by atoms with van der Waals surface area (Å²) in [6.07, 6.45) is -5.47. The fourth-order valence-electron chi connectivity index (χ4n) is 2.65. The van der Waals surface area contributed by atoms with Gasteiger partial charge in [-0.3, -0.25) is 4.79 Å². The Balaban J connectivity index is 2.06. The van der Waals surface area contributed by atoms with E-state index in [-0.39, 0.29) is 15.6 Å². The molecule has 0 spiro atoms. The molecule has 0 aliphatic carbocycles. The zero-order valence-corrected chi connectivity index (χ0v) is 16.2.